The highest BCUT2D eigenvalue weighted by Gasteiger charge is 2.38. The number of carboxylic acid groups (broad SMARTS) is 1. The van der Waals surface area contributed by atoms with Gasteiger partial charge in [-0.05, 0) is 51.1 Å². The fourth-order valence-corrected chi connectivity index (χ4v) is 2.37. The molecule has 8 nitrogen and oxygen atoms in total. The van der Waals surface area contributed by atoms with Crippen molar-refractivity contribution in [3.05, 3.63) is 52.2 Å². The molecule has 0 aliphatic heterocycles. The number of halogens is 3. The van der Waals surface area contributed by atoms with Crippen molar-refractivity contribution in [1.82, 2.24) is 14.5 Å². The normalized spacial score (nSPS) is 12.0. The summed E-state index contributed by atoms with van der Waals surface area (Å²) in [4.78, 5) is 37.4. The number of carbonyl (C=O) groups is 2. The molecule has 2 aromatic rings. The molecule has 0 saturated carbocycles. The predicted octanol–water partition coefficient (Wildman–Crippen LogP) is 1.92. The molecule has 2 rings (SSSR count). The smallest absolute Gasteiger partial charge is 0.475 e. The second-order valence-electron chi connectivity index (χ2n) is 6.26. The van der Waals surface area contributed by atoms with Crippen molar-refractivity contribution >= 4 is 11.9 Å². The number of carbonyl (C=O) groups excluding carboxylic acids is 1. The summed E-state index contributed by atoms with van der Waals surface area (Å²) in [6, 6.07) is 7.12. The summed E-state index contributed by atoms with van der Waals surface area (Å²) in [5.41, 5.74) is 7.49. The highest BCUT2D eigenvalue weighted by molar-refractivity contribution is 5.94. The summed E-state index contributed by atoms with van der Waals surface area (Å²) < 4.78 is 33.3. The van der Waals surface area contributed by atoms with Crippen LogP contribution in [0.15, 0.2) is 35.3 Å². The Morgan fingerprint density at radius 1 is 1.28 bits per heavy atom. The van der Waals surface area contributed by atoms with Gasteiger partial charge in [0.25, 0.3) is 5.91 Å². The number of aromatic nitrogens is 2. The zero-order valence-corrected chi connectivity index (χ0v) is 16.2. The van der Waals surface area contributed by atoms with E-state index in [1.165, 1.54) is 0 Å². The number of aromatic amines is 1. The third-order valence-corrected chi connectivity index (χ3v) is 4.14. The monoisotopic (exact) mass is 416 g/mol. The van der Waals surface area contributed by atoms with E-state index in [1.807, 2.05) is 13.8 Å². The topological polar surface area (TPSA) is 121 Å². The van der Waals surface area contributed by atoms with Gasteiger partial charge in [-0.3, -0.25) is 9.36 Å². The molecule has 11 heteroatoms. The molecule has 0 spiro atoms. The van der Waals surface area contributed by atoms with Crippen molar-refractivity contribution < 1.29 is 27.9 Å². The first-order valence-corrected chi connectivity index (χ1v) is 8.55. The molecule has 0 bridgehead atoms. The SMILES string of the molecule is Cc1c[nH]c(=O)n1-c1ccc(C(=O)N(C)C(C)CCN)cc1.O=C(O)C(F)(F)F. The van der Waals surface area contributed by atoms with Crippen molar-refractivity contribution in [3.63, 3.8) is 0 Å². The van der Waals surface area contributed by atoms with Crippen LogP contribution in [0.25, 0.3) is 5.69 Å². The van der Waals surface area contributed by atoms with E-state index in [9.17, 15) is 22.8 Å². The number of hydrogen-bond donors (Lipinski definition) is 3. The molecule has 1 amide bonds. The average Bonchev–Trinajstić information content (AvgIpc) is 2.99. The van der Waals surface area contributed by atoms with Crippen LogP contribution < -0.4 is 11.4 Å². The molecule has 0 saturated heterocycles. The molecule has 0 fully saturated rings. The molecule has 1 aromatic heterocycles. The number of benzene rings is 1. The minimum Gasteiger partial charge on any atom is -0.475 e. The van der Waals surface area contributed by atoms with Crippen LogP contribution in [0.3, 0.4) is 0 Å². The first-order valence-electron chi connectivity index (χ1n) is 8.55. The zero-order valence-electron chi connectivity index (χ0n) is 16.2. The van der Waals surface area contributed by atoms with Crippen LogP contribution in [-0.4, -0.2) is 57.2 Å². The average molecular weight is 416 g/mol. The van der Waals surface area contributed by atoms with E-state index in [2.05, 4.69) is 4.98 Å². The quantitative estimate of drug-likeness (QED) is 0.688. The molecular formula is C18H23F3N4O4. The maximum absolute atomic E-state index is 12.4. The molecule has 1 atom stereocenters. The molecule has 160 valence electrons. The molecule has 1 aromatic carbocycles. The van der Waals surface area contributed by atoms with Gasteiger partial charge in [-0.2, -0.15) is 13.2 Å². The van der Waals surface area contributed by atoms with Crippen LogP contribution in [-0.2, 0) is 4.79 Å². The van der Waals surface area contributed by atoms with Gasteiger partial charge in [0.05, 0.1) is 5.69 Å². The molecule has 1 unspecified atom stereocenters. The maximum Gasteiger partial charge on any atom is 0.490 e. The van der Waals surface area contributed by atoms with Crippen molar-refractivity contribution in [3.8, 4) is 5.69 Å². The predicted molar refractivity (Wildman–Crippen MR) is 100 cm³/mol. The number of aliphatic carboxylic acids is 1. The van der Waals surface area contributed by atoms with Gasteiger partial charge in [0.15, 0.2) is 0 Å². The number of hydrogen-bond acceptors (Lipinski definition) is 4. The summed E-state index contributed by atoms with van der Waals surface area (Å²) in [7, 11) is 1.78. The van der Waals surface area contributed by atoms with Gasteiger partial charge in [-0.15, -0.1) is 0 Å². The van der Waals surface area contributed by atoms with Gasteiger partial charge in [-0.25, -0.2) is 9.59 Å². The first kappa shape index (κ1) is 24.0. The van der Waals surface area contributed by atoms with Gasteiger partial charge in [0.2, 0.25) is 0 Å². The Kier molecular flexibility index (Phi) is 8.19. The molecule has 1 heterocycles. The summed E-state index contributed by atoms with van der Waals surface area (Å²) in [6.07, 6.45) is -2.66. The van der Waals surface area contributed by atoms with Crippen molar-refractivity contribution in [1.29, 1.82) is 0 Å². The highest BCUT2D eigenvalue weighted by atomic mass is 19.4. The fourth-order valence-electron chi connectivity index (χ4n) is 2.37. The Bertz CT molecular complexity index is 888. The van der Waals surface area contributed by atoms with Crippen molar-refractivity contribution in [2.75, 3.05) is 13.6 Å². The van der Waals surface area contributed by atoms with Crippen molar-refractivity contribution in [2.45, 2.75) is 32.5 Å². The van der Waals surface area contributed by atoms with E-state index in [-0.39, 0.29) is 17.6 Å². The standard InChI is InChI=1S/C16H22N4O2.C2HF3O2/c1-11(8-9-17)19(3)15(21)13-4-6-14(7-5-13)20-12(2)10-18-16(20)22;3-2(4,5)1(6)7/h4-7,10-11H,8-9,17H2,1-3H3,(H,18,22);(H,6,7). The van der Waals surface area contributed by atoms with E-state index >= 15 is 0 Å². The summed E-state index contributed by atoms with van der Waals surface area (Å²) in [5.74, 6) is -2.81. The Balaban J connectivity index is 0.000000516. The molecule has 0 aliphatic rings. The third kappa shape index (κ3) is 6.49. The molecule has 4 N–H and O–H groups in total. The van der Waals surface area contributed by atoms with Crippen LogP contribution in [0.2, 0.25) is 0 Å². The van der Waals surface area contributed by atoms with E-state index in [0.717, 1.165) is 17.8 Å². The van der Waals surface area contributed by atoms with E-state index in [1.54, 1.807) is 47.0 Å². The number of amides is 1. The van der Waals surface area contributed by atoms with Crippen LogP contribution in [0.5, 0.6) is 0 Å². The number of H-pyrrole nitrogens is 1. The number of aryl methyl sites for hydroxylation is 1. The van der Waals surface area contributed by atoms with Gasteiger partial charge in [-0.1, -0.05) is 0 Å². The fraction of sp³-hybridized carbons (Fsp3) is 0.389. The highest BCUT2D eigenvalue weighted by Crippen LogP contribution is 2.14. The molecule has 0 radical (unpaired) electrons. The Hall–Kier alpha value is -3.08. The summed E-state index contributed by atoms with van der Waals surface area (Å²) in [5, 5.41) is 7.12. The van der Waals surface area contributed by atoms with Gasteiger partial charge >= 0.3 is 17.8 Å². The lowest BCUT2D eigenvalue weighted by molar-refractivity contribution is -0.192. The second kappa shape index (κ2) is 9.92. The van der Waals surface area contributed by atoms with Crippen molar-refractivity contribution in [2.24, 2.45) is 5.73 Å². The lowest BCUT2D eigenvalue weighted by atomic mass is 10.1. The van der Waals surface area contributed by atoms with Crippen LogP contribution in [0.1, 0.15) is 29.4 Å². The number of nitrogens with one attached hydrogen (secondary N) is 1. The van der Waals surface area contributed by atoms with Crippen LogP contribution in [0.4, 0.5) is 13.2 Å². The van der Waals surface area contributed by atoms with Crippen LogP contribution >= 0.6 is 0 Å². The minimum atomic E-state index is -5.08. The number of nitrogens with zero attached hydrogens (tertiary/aromatic N) is 2. The third-order valence-electron chi connectivity index (χ3n) is 4.14. The number of rotatable bonds is 5. The van der Waals surface area contributed by atoms with Gasteiger partial charge in [0.1, 0.15) is 0 Å². The largest absolute Gasteiger partial charge is 0.490 e. The van der Waals surface area contributed by atoms with Gasteiger partial charge in [0, 0.05) is 30.5 Å². The molecule has 29 heavy (non-hydrogen) atoms. The minimum absolute atomic E-state index is 0.0503. The second-order valence-corrected chi connectivity index (χ2v) is 6.26. The number of nitrogens with two attached hydrogens (primary N) is 1. The van der Waals surface area contributed by atoms with E-state index in [0.29, 0.717) is 12.1 Å². The first-order chi connectivity index (χ1) is 13.4. The van der Waals surface area contributed by atoms with E-state index in [4.69, 9.17) is 15.6 Å². The molecular weight excluding hydrogens is 393 g/mol. The Morgan fingerprint density at radius 2 is 1.79 bits per heavy atom. The maximum atomic E-state index is 12.4. The van der Waals surface area contributed by atoms with E-state index < -0.39 is 12.1 Å². The number of carboxylic acids is 1. The summed E-state index contributed by atoms with van der Waals surface area (Å²) >= 11 is 0. The number of alkyl halides is 3. The Morgan fingerprint density at radius 3 is 2.17 bits per heavy atom. The summed E-state index contributed by atoms with van der Waals surface area (Å²) in [6.45, 7) is 4.37. The lowest BCUT2D eigenvalue weighted by Gasteiger charge is -2.24. The van der Waals surface area contributed by atoms with Gasteiger partial charge < -0.3 is 20.7 Å². The zero-order chi connectivity index (χ0) is 22.4. The number of imidazole rings is 1. The molecule has 0 aliphatic carbocycles. The Labute approximate surface area is 164 Å². The lowest BCUT2D eigenvalue weighted by Crippen LogP contribution is -2.36. The van der Waals surface area contributed by atoms with Crippen LogP contribution in [0, 0.1) is 6.92 Å².